The van der Waals surface area contributed by atoms with E-state index in [1.165, 1.54) is 5.56 Å². The third-order valence-electron chi connectivity index (χ3n) is 3.19. The van der Waals surface area contributed by atoms with Crippen LogP contribution in [0.3, 0.4) is 0 Å². The Kier molecular flexibility index (Phi) is 7.97. The highest BCUT2D eigenvalue weighted by molar-refractivity contribution is 5.20. The van der Waals surface area contributed by atoms with Gasteiger partial charge in [0.25, 0.3) is 0 Å². The van der Waals surface area contributed by atoms with Crippen LogP contribution in [0.25, 0.3) is 0 Å². The average Bonchev–Trinajstić information content (AvgIpc) is 2.45. The Bertz CT molecular complexity index is 367. The van der Waals surface area contributed by atoms with E-state index in [1.54, 1.807) is 0 Å². The fourth-order valence-electron chi connectivity index (χ4n) is 2.30. The average molecular weight is 258 g/mol. The lowest BCUT2D eigenvalue weighted by Crippen LogP contribution is -2.37. The minimum atomic E-state index is 0.365. The summed E-state index contributed by atoms with van der Waals surface area (Å²) in [6.07, 6.45) is 7.80. The summed E-state index contributed by atoms with van der Waals surface area (Å²) < 4.78 is 0. The molecule has 0 aromatic heterocycles. The molecule has 1 aromatic carbocycles. The van der Waals surface area contributed by atoms with E-state index in [1.807, 2.05) is 0 Å². The molecule has 0 radical (unpaired) electrons. The fourth-order valence-corrected chi connectivity index (χ4v) is 2.30. The number of nitrogens with one attached hydrogen (secondary N) is 1. The molecule has 0 amide bonds. The first-order chi connectivity index (χ1) is 9.33. The highest BCUT2D eigenvalue weighted by atomic mass is 15.2. The molecule has 0 aliphatic heterocycles. The van der Waals surface area contributed by atoms with Crippen molar-refractivity contribution in [3.8, 4) is 12.3 Å². The van der Waals surface area contributed by atoms with E-state index < -0.39 is 0 Å². The van der Waals surface area contributed by atoms with Crippen LogP contribution in [0.2, 0.25) is 0 Å². The maximum Gasteiger partial charge on any atom is 0.0604 e. The minimum absolute atomic E-state index is 0.365. The Morgan fingerprint density at radius 3 is 2.53 bits per heavy atom. The summed E-state index contributed by atoms with van der Waals surface area (Å²) in [7, 11) is 0. The van der Waals surface area contributed by atoms with Crippen LogP contribution in [0.4, 0.5) is 0 Å². The van der Waals surface area contributed by atoms with Gasteiger partial charge in [-0.15, -0.1) is 6.42 Å². The number of nitrogens with zero attached hydrogens (tertiary/aromatic N) is 1. The van der Waals surface area contributed by atoms with Gasteiger partial charge in [-0.1, -0.05) is 50.1 Å². The molecule has 1 atom stereocenters. The normalized spacial score (nSPS) is 12.3. The number of benzene rings is 1. The molecule has 0 saturated heterocycles. The summed E-state index contributed by atoms with van der Waals surface area (Å²) in [6.45, 7) is 8.15. The van der Waals surface area contributed by atoms with Crippen molar-refractivity contribution in [3.63, 3.8) is 0 Å². The van der Waals surface area contributed by atoms with E-state index in [0.717, 1.165) is 32.5 Å². The highest BCUT2D eigenvalue weighted by Gasteiger charge is 2.18. The Labute approximate surface area is 118 Å². The minimum Gasteiger partial charge on any atom is -0.315 e. The van der Waals surface area contributed by atoms with Gasteiger partial charge in [0.15, 0.2) is 0 Å². The maximum absolute atomic E-state index is 5.52. The molecule has 104 valence electrons. The number of hydrogen-bond acceptors (Lipinski definition) is 2. The van der Waals surface area contributed by atoms with Crippen molar-refractivity contribution in [1.29, 1.82) is 0 Å². The van der Waals surface area contributed by atoms with Crippen LogP contribution in [-0.2, 0) is 0 Å². The van der Waals surface area contributed by atoms with Crippen LogP contribution in [0.15, 0.2) is 30.3 Å². The van der Waals surface area contributed by atoms with Gasteiger partial charge in [-0.05, 0) is 31.5 Å². The second-order valence-electron chi connectivity index (χ2n) is 4.81. The molecule has 1 rings (SSSR count). The first kappa shape index (κ1) is 15.8. The van der Waals surface area contributed by atoms with Crippen LogP contribution in [0, 0.1) is 12.3 Å². The largest absolute Gasteiger partial charge is 0.315 e. The van der Waals surface area contributed by atoms with Crippen molar-refractivity contribution in [3.05, 3.63) is 35.9 Å². The van der Waals surface area contributed by atoms with Gasteiger partial charge < -0.3 is 5.32 Å². The van der Waals surface area contributed by atoms with Crippen molar-refractivity contribution in [1.82, 2.24) is 10.2 Å². The van der Waals surface area contributed by atoms with Crippen molar-refractivity contribution in [2.24, 2.45) is 0 Å². The van der Waals surface area contributed by atoms with Crippen LogP contribution in [-0.4, -0.2) is 31.1 Å². The fraction of sp³-hybridized carbons (Fsp3) is 0.529. The summed E-state index contributed by atoms with van der Waals surface area (Å²) in [5.41, 5.74) is 1.34. The van der Waals surface area contributed by atoms with Crippen LogP contribution in [0.5, 0.6) is 0 Å². The lowest BCUT2D eigenvalue weighted by molar-refractivity contribution is 0.217. The molecule has 2 heteroatoms. The van der Waals surface area contributed by atoms with Crippen LogP contribution < -0.4 is 5.32 Å². The molecular weight excluding hydrogens is 232 g/mol. The topological polar surface area (TPSA) is 15.3 Å². The van der Waals surface area contributed by atoms with Gasteiger partial charge in [0.1, 0.15) is 0 Å². The molecule has 2 nitrogen and oxygen atoms in total. The molecule has 1 N–H and O–H groups in total. The summed E-state index contributed by atoms with van der Waals surface area (Å²) in [5.74, 6) is 2.79. The van der Waals surface area contributed by atoms with E-state index in [9.17, 15) is 0 Å². The van der Waals surface area contributed by atoms with Gasteiger partial charge in [-0.2, -0.15) is 0 Å². The second-order valence-corrected chi connectivity index (χ2v) is 4.81. The molecule has 0 aliphatic carbocycles. The van der Waals surface area contributed by atoms with Crippen molar-refractivity contribution in [2.45, 2.75) is 32.7 Å². The highest BCUT2D eigenvalue weighted by Crippen LogP contribution is 2.19. The van der Waals surface area contributed by atoms with E-state index in [4.69, 9.17) is 6.42 Å². The molecule has 0 fully saturated rings. The van der Waals surface area contributed by atoms with Gasteiger partial charge >= 0.3 is 0 Å². The van der Waals surface area contributed by atoms with E-state index in [-0.39, 0.29) is 0 Å². The molecule has 1 aromatic rings. The summed E-state index contributed by atoms with van der Waals surface area (Å²) in [4.78, 5) is 2.39. The molecule has 0 spiro atoms. The third kappa shape index (κ3) is 5.46. The van der Waals surface area contributed by atoms with Gasteiger partial charge in [0.2, 0.25) is 0 Å². The van der Waals surface area contributed by atoms with Gasteiger partial charge in [0.05, 0.1) is 6.54 Å². The van der Waals surface area contributed by atoms with E-state index in [0.29, 0.717) is 12.6 Å². The predicted molar refractivity (Wildman–Crippen MR) is 83.0 cm³/mol. The smallest absolute Gasteiger partial charge is 0.0604 e. The standard InChI is InChI=1S/C17H26N2/c1-4-12-18-15-17(16-10-8-7-9-11-16)19(13-5-2)14-6-3/h2,7-11,17-18H,4,6,12-15H2,1,3H3. The first-order valence-electron chi connectivity index (χ1n) is 7.26. The monoisotopic (exact) mass is 258 g/mol. The van der Waals surface area contributed by atoms with E-state index >= 15 is 0 Å². The second kappa shape index (κ2) is 9.61. The SMILES string of the molecule is C#CCN(CCC)C(CNCCC)c1ccccc1. The molecule has 0 heterocycles. The predicted octanol–water partition coefficient (Wildman–Crippen LogP) is 3.07. The Hall–Kier alpha value is -1.30. The van der Waals surface area contributed by atoms with Gasteiger partial charge in [-0.25, -0.2) is 0 Å². The summed E-state index contributed by atoms with van der Waals surface area (Å²) in [5, 5.41) is 3.52. The number of rotatable bonds is 9. The lowest BCUT2D eigenvalue weighted by atomic mass is 10.0. The quantitative estimate of drug-likeness (QED) is 0.541. The number of terminal acetylenes is 1. The molecule has 1 unspecified atom stereocenters. The zero-order valence-corrected chi connectivity index (χ0v) is 12.2. The lowest BCUT2D eigenvalue weighted by Gasteiger charge is -2.30. The Balaban J connectivity index is 2.80. The molecule has 0 bridgehead atoms. The Morgan fingerprint density at radius 2 is 1.95 bits per heavy atom. The van der Waals surface area contributed by atoms with Crippen LogP contribution >= 0.6 is 0 Å². The van der Waals surface area contributed by atoms with Crippen molar-refractivity contribution < 1.29 is 0 Å². The van der Waals surface area contributed by atoms with Gasteiger partial charge in [0, 0.05) is 12.6 Å². The van der Waals surface area contributed by atoms with Crippen molar-refractivity contribution >= 4 is 0 Å². The van der Waals surface area contributed by atoms with Crippen LogP contribution in [0.1, 0.15) is 38.3 Å². The van der Waals surface area contributed by atoms with Gasteiger partial charge in [-0.3, -0.25) is 4.90 Å². The van der Waals surface area contributed by atoms with E-state index in [2.05, 4.69) is 60.3 Å². The number of hydrogen-bond donors (Lipinski definition) is 1. The zero-order chi connectivity index (χ0) is 13.9. The summed E-state index contributed by atoms with van der Waals surface area (Å²) in [6, 6.07) is 11.0. The first-order valence-corrected chi connectivity index (χ1v) is 7.26. The Morgan fingerprint density at radius 1 is 1.21 bits per heavy atom. The molecule has 0 aliphatic rings. The summed E-state index contributed by atoms with van der Waals surface area (Å²) >= 11 is 0. The molecule has 0 saturated carbocycles. The molecule has 19 heavy (non-hydrogen) atoms. The third-order valence-corrected chi connectivity index (χ3v) is 3.19. The maximum atomic E-state index is 5.52. The molecular formula is C17H26N2. The van der Waals surface area contributed by atoms with Crippen molar-refractivity contribution in [2.75, 3.05) is 26.2 Å². The zero-order valence-electron chi connectivity index (χ0n) is 12.2.